The van der Waals surface area contributed by atoms with Crippen molar-refractivity contribution in [3.8, 4) is 0 Å². The van der Waals surface area contributed by atoms with Crippen molar-refractivity contribution < 1.29 is 4.74 Å². The minimum atomic E-state index is 0.0774. The molecule has 5 nitrogen and oxygen atoms in total. The van der Waals surface area contributed by atoms with Gasteiger partial charge in [0.05, 0.1) is 30.6 Å². The Kier molecular flexibility index (Phi) is 3.63. The normalized spacial score (nSPS) is 19.7. The van der Waals surface area contributed by atoms with Crippen LogP contribution in [-0.2, 0) is 4.74 Å². The van der Waals surface area contributed by atoms with Crippen LogP contribution in [0.15, 0.2) is 17.8 Å². The molecule has 2 aromatic heterocycles. The molecule has 0 radical (unpaired) electrons. The summed E-state index contributed by atoms with van der Waals surface area (Å²) in [6, 6.07) is 0.0774. The van der Waals surface area contributed by atoms with Gasteiger partial charge < -0.3 is 9.64 Å². The van der Waals surface area contributed by atoms with E-state index < -0.39 is 0 Å². The maximum atomic E-state index is 5.83. The minimum Gasteiger partial charge on any atom is -0.377 e. The predicted molar refractivity (Wildman–Crippen MR) is 74.8 cm³/mol. The molecule has 0 spiro atoms. The first-order chi connectivity index (χ1) is 9.24. The van der Waals surface area contributed by atoms with E-state index in [2.05, 4.69) is 19.9 Å². The molecule has 1 atom stereocenters. The lowest BCUT2D eigenvalue weighted by Crippen LogP contribution is -2.40. The fourth-order valence-corrected chi connectivity index (χ4v) is 3.02. The zero-order valence-corrected chi connectivity index (χ0v) is 12.0. The summed E-state index contributed by atoms with van der Waals surface area (Å²) >= 11 is 7.47. The Morgan fingerprint density at radius 2 is 2.21 bits per heavy atom. The van der Waals surface area contributed by atoms with Crippen LogP contribution in [0.25, 0.3) is 0 Å². The number of aromatic nitrogens is 3. The molecule has 19 heavy (non-hydrogen) atoms. The second-order valence-corrected chi connectivity index (χ2v) is 5.64. The Morgan fingerprint density at radius 1 is 1.42 bits per heavy atom. The minimum absolute atomic E-state index is 0.0774. The molecule has 1 aliphatic heterocycles. The maximum absolute atomic E-state index is 5.83. The number of morpholine rings is 1. The van der Waals surface area contributed by atoms with Crippen molar-refractivity contribution in [2.24, 2.45) is 0 Å². The van der Waals surface area contributed by atoms with Gasteiger partial charge in [0.15, 0.2) is 0 Å². The summed E-state index contributed by atoms with van der Waals surface area (Å²) in [5.41, 5.74) is 1.03. The molecule has 1 unspecified atom stereocenters. The number of aryl methyl sites for hydroxylation is 1. The molecule has 1 aliphatic rings. The van der Waals surface area contributed by atoms with E-state index in [1.54, 1.807) is 23.7 Å². The molecule has 3 heterocycles. The lowest BCUT2D eigenvalue weighted by atomic mass is 10.2. The van der Waals surface area contributed by atoms with Crippen LogP contribution < -0.4 is 4.90 Å². The topological polar surface area (TPSA) is 51.1 Å². The number of rotatable bonds is 2. The molecule has 7 heteroatoms. The van der Waals surface area contributed by atoms with Gasteiger partial charge in [-0.05, 0) is 6.92 Å². The van der Waals surface area contributed by atoms with Gasteiger partial charge in [-0.2, -0.15) is 0 Å². The molecule has 2 aromatic rings. The van der Waals surface area contributed by atoms with Crippen LogP contribution in [0.1, 0.15) is 16.7 Å². The summed E-state index contributed by atoms with van der Waals surface area (Å²) in [6.45, 7) is 4.03. The number of ether oxygens (including phenoxy) is 1. The van der Waals surface area contributed by atoms with Crippen molar-refractivity contribution in [3.63, 3.8) is 0 Å². The Labute approximate surface area is 120 Å². The van der Waals surface area contributed by atoms with Crippen molar-refractivity contribution in [1.29, 1.82) is 0 Å². The molecule has 100 valence electrons. The van der Waals surface area contributed by atoms with Gasteiger partial charge >= 0.3 is 0 Å². The third-order valence-electron chi connectivity index (χ3n) is 2.91. The van der Waals surface area contributed by atoms with Crippen LogP contribution in [-0.4, -0.2) is 34.7 Å². The second kappa shape index (κ2) is 5.40. The molecule has 0 saturated carbocycles. The third-order valence-corrected chi connectivity index (χ3v) is 4.17. The molecule has 0 bridgehead atoms. The summed E-state index contributed by atoms with van der Waals surface area (Å²) in [6.07, 6.45) is 3.23. The number of halogens is 1. The van der Waals surface area contributed by atoms with E-state index in [1.807, 2.05) is 12.3 Å². The van der Waals surface area contributed by atoms with Gasteiger partial charge in [0.2, 0.25) is 5.95 Å². The third kappa shape index (κ3) is 2.70. The van der Waals surface area contributed by atoms with Crippen molar-refractivity contribution in [3.05, 3.63) is 33.5 Å². The van der Waals surface area contributed by atoms with Crippen LogP contribution >= 0.6 is 22.9 Å². The molecule has 0 aromatic carbocycles. The van der Waals surface area contributed by atoms with Crippen LogP contribution in [0.5, 0.6) is 0 Å². The van der Waals surface area contributed by atoms with E-state index >= 15 is 0 Å². The lowest BCUT2D eigenvalue weighted by molar-refractivity contribution is 0.0931. The Bertz CT molecular complexity index is 559. The molecular formula is C12H13ClN4OS. The predicted octanol–water partition coefficient (Wildman–Crippen LogP) is 2.47. The first-order valence-electron chi connectivity index (χ1n) is 5.98. The highest BCUT2D eigenvalue weighted by Gasteiger charge is 2.28. The average molecular weight is 297 g/mol. The van der Waals surface area contributed by atoms with Gasteiger partial charge in [-0.3, -0.25) is 0 Å². The zero-order chi connectivity index (χ0) is 13.2. The highest BCUT2D eigenvalue weighted by Crippen LogP contribution is 2.29. The second-order valence-electron chi connectivity index (χ2n) is 4.31. The number of thiazole rings is 1. The Morgan fingerprint density at radius 3 is 2.89 bits per heavy atom. The molecule has 0 N–H and O–H groups in total. The van der Waals surface area contributed by atoms with Gasteiger partial charge in [0.25, 0.3) is 0 Å². The first-order valence-corrected chi connectivity index (χ1v) is 7.24. The quantitative estimate of drug-likeness (QED) is 0.852. The molecule has 1 fully saturated rings. The van der Waals surface area contributed by atoms with Crippen LogP contribution in [0.4, 0.5) is 5.95 Å². The van der Waals surface area contributed by atoms with Crippen molar-refractivity contribution in [1.82, 2.24) is 15.0 Å². The first kappa shape index (κ1) is 12.8. The van der Waals surface area contributed by atoms with Crippen LogP contribution in [0.2, 0.25) is 5.02 Å². The van der Waals surface area contributed by atoms with E-state index in [9.17, 15) is 0 Å². The van der Waals surface area contributed by atoms with Crippen LogP contribution in [0.3, 0.4) is 0 Å². The monoisotopic (exact) mass is 296 g/mol. The zero-order valence-electron chi connectivity index (χ0n) is 10.4. The van der Waals surface area contributed by atoms with Crippen molar-refractivity contribution in [2.45, 2.75) is 13.0 Å². The average Bonchev–Trinajstić information content (AvgIpc) is 2.86. The molecule has 0 aliphatic carbocycles. The number of hydrogen-bond donors (Lipinski definition) is 0. The van der Waals surface area contributed by atoms with Gasteiger partial charge in [0.1, 0.15) is 11.0 Å². The summed E-state index contributed by atoms with van der Waals surface area (Å²) in [5.74, 6) is 0.672. The number of hydrogen-bond acceptors (Lipinski definition) is 6. The standard InChI is InChI=1S/C12H13ClN4OS/c1-8-7-19-11(16-8)10-6-18-3-2-17(10)12-14-4-9(13)5-15-12/h4-5,7,10H,2-3,6H2,1H3. The highest BCUT2D eigenvalue weighted by atomic mass is 35.5. The largest absolute Gasteiger partial charge is 0.377 e. The fourth-order valence-electron chi connectivity index (χ4n) is 2.03. The molecule has 3 rings (SSSR count). The van der Waals surface area contributed by atoms with Gasteiger partial charge in [0, 0.05) is 17.6 Å². The van der Waals surface area contributed by atoms with E-state index in [1.165, 1.54) is 0 Å². The molecular weight excluding hydrogens is 284 g/mol. The van der Waals surface area contributed by atoms with E-state index in [-0.39, 0.29) is 6.04 Å². The summed E-state index contributed by atoms with van der Waals surface area (Å²) < 4.78 is 5.56. The van der Waals surface area contributed by atoms with E-state index in [0.29, 0.717) is 24.2 Å². The van der Waals surface area contributed by atoms with Crippen molar-refractivity contribution in [2.75, 3.05) is 24.7 Å². The Hall–Kier alpha value is -1.24. The molecule has 0 amide bonds. The Balaban J connectivity index is 1.90. The van der Waals surface area contributed by atoms with Crippen LogP contribution in [0, 0.1) is 6.92 Å². The SMILES string of the molecule is Cc1csc(C2COCCN2c2ncc(Cl)cn2)n1. The summed E-state index contributed by atoms with van der Waals surface area (Å²) in [5, 5.41) is 3.62. The van der Waals surface area contributed by atoms with E-state index in [4.69, 9.17) is 16.3 Å². The number of anilines is 1. The summed E-state index contributed by atoms with van der Waals surface area (Å²) in [4.78, 5) is 15.2. The lowest BCUT2D eigenvalue weighted by Gasteiger charge is -2.34. The van der Waals surface area contributed by atoms with Crippen molar-refractivity contribution >= 4 is 28.9 Å². The maximum Gasteiger partial charge on any atom is 0.226 e. The summed E-state index contributed by atoms with van der Waals surface area (Å²) in [7, 11) is 0. The van der Waals surface area contributed by atoms with E-state index in [0.717, 1.165) is 17.2 Å². The smallest absolute Gasteiger partial charge is 0.226 e. The fraction of sp³-hybridized carbons (Fsp3) is 0.417. The van der Waals surface area contributed by atoms with Gasteiger partial charge in [-0.1, -0.05) is 11.6 Å². The van der Waals surface area contributed by atoms with Gasteiger partial charge in [-0.25, -0.2) is 15.0 Å². The van der Waals surface area contributed by atoms with Gasteiger partial charge in [-0.15, -0.1) is 11.3 Å². The number of nitrogens with zero attached hydrogens (tertiary/aromatic N) is 4. The molecule has 1 saturated heterocycles. The highest BCUT2D eigenvalue weighted by molar-refractivity contribution is 7.09.